The molecule has 0 bridgehead atoms. The Bertz CT molecular complexity index is 1390. The molecule has 6 rings (SSSR count). The fourth-order valence-corrected chi connectivity index (χ4v) is 9.80. The van der Waals surface area contributed by atoms with Gasteiger partial charge in [-0.25, -0.2) is 10.0 Å². The van der Waals surface area contributed by atoms with E-state index in [2.05, 4.69) is 163 Å². The van der Waals surface area contributed by atoms with Crippen molar-refractivity contribution in [1.82, 2.24) is 10.0 Å². The Morgan fingerprint density at radius 1 is 0.553 bits per heavy atom. The SMILES string of the molecule is CC(C)N1CN1Cc1cccc(-c2ccc([P+](c3ccccc3)(c3ccccc3)c3ccccc3)cc2)c1. The van der Waals surface area contributed by atoms with Gasteiger partial charge in [0.05, 0.1) is 6.67 Å². The van der Waals surface area contributed by atoms with Crippen molar-refractivity contribution in [2.24, 2.45) is 0 Å². The molecule has 0 radical (unpaired) electrons. The van der Waals surface area contributed by atoms with Gasteiger partial charge in [0.15, 0.2) is 0 Å². The van der Waals surface area contributed by atoms with Gasteiger partial charge in [0.2, 0.25) is 0 Å². The van der Waals surface area contributed by atoms with Gasteiger partial charge in [0.1, 0.15) is 28.5 Å². The van der Waals surface area contributed by atoms with E-state index in [-0.39, 0.29) is 0 Å². The molecule has 0 amide bonds. The highest BCUT2D eigenvalue weighted by molar-refractivity contribution is 8.01. The maximum Gasteiger partial charge on any atom is 0.144 e. The van der Waals surface area contributed by atoms with E-state index in [1.807, 2.05) is 0 Å². The largest absolute Gasteiger partial charge is 0.222 e. The van der Waals surface area contributed by atoms with Gasteiger partial charge in [-0.15, -0.1) is 0 Å². The monoisotopic (exact) mass is 513 g/mol. The van der Waals surface area contributed by atoms with Crippen molar-refractivity contribution in [2.75, 3.05) is 6.67 Å². The first-order valence-corrected chi connectivity index (χ1v) is 15.2. The number of nitrogens with zero attached hydrogens (tertiary/aromatic N) is 2. The molecular weight excluding hydrogens is 479 g/mol. The molecule has 2 nitrogen and oxygen atoms in total. The van der Waals surface area contributed by atoms with Crippen LogP contribution in [0.3, 0.4) is 0 Å². The standard InChI is InChI=1S/C35H34N2P/c1-28(2)37-27-36(37)26-29-13-12-14-31(25-29)30-21-23-35(24-22-30)38(32-15-6-3-7-16-32,33-17-8-4-9-18-33)34-19-10-5-11-20-34/h3-25,28H,26-27H2,1-2H3/q+1. The maximum atomic E-state index is 2.41. The highest BCUT2D eigenvalue weighted by Crippen LogP contribution is 2.54. The van der Waals surface area contributed by atoms with Gasteiger partial charge in [-0.1, -0.05) is 84.9 Å². The van der Waals surface area contributed by atoms with Crippen LogP contribution in [-0.4, -0.2) is 22.7 Å². The first-order valence-electron chi connectivity index (χ1n) is 13.4. The summed E-state index contributed by atoms with van der Waals surface area (Å²) in [6, 6.07) is 52.1. The minimum Gasteiger partial charge on any atom is -0.222 e. The van der Waals surface area contributed by atoms with Gasteiger partial charge in [0, 0.05) is 12.6 Å². The average molecular weight is 514 g/mol. The lowest BCUT2D eigenvalue weighted by Crippen LogP contribution is -2.38. The third-order valence-electron chi connectivity index (χ3n) is 7.49. The van der Waals surface area contributed by atoms with E-state index in [4.69, 9.17) is 0 Å². The zero-order valence-corrected chi connectivity index (χ0v) is 23.0. The average Bonchev–Trinajstić information content (AvgIpc) is 3.75. The molecule has 0 saturated carbocycles. The lowest BCUT2D eigenvalue weighted by atomic mass is 10.0. The summed E-state index contributed by atoms with van der Waals surface area (Å²) in [6.45, 7) is 6.53. The second kappa shape index (κ2) is 10.7. The van der Waals surface area contributed by atoms with Gasteiger partial charge in [-0.2, -0.15) is 0 Å². The highest BCUT2D eigenvalue weighted by atomic mass is 31.2. The Balaban J connectivity index is 1.42. The molecule has 1 saturated heterocycles. The topological polar surface area (TPSA) is 6.02 Å². The van der Waals surface area contributed by atoms with E-state index in [1.165, 1.54) is 37.9 Å². The van der Waals surface area contributed by atoms with Gasteiger partial charge in [-0.05, 0) is 85.1 Å². The Kier molecular flexibility index (Phi) is 6.96. The van der Waals surface area contributed by atoms with Gasteiger partial charge >= 0.3 is 0 Å². The number of hydrogen-bond donors (Lipinski definition) is 0. The molecular formula is C35H34N2P+. The number of benzene rings is 5. The van der Waals surface area contributed by atoms with Crippen LogP contribution in [0.5, 0.6) is 0 Å². The summed E-state index contributed by atoms with van der Waals surface area (Å²) in [4.78, 5) is 0. The molecule has 0 aromatic heterocycles. The molecule has 5 aromatic rings. The predicted molar refractivity (Wildman–Crippen MR) is 164 cm³/mol. The molecule has 1 heterocycles. The van der Waals surface area contributed by atoms with Gasteiger partial charge < -0.3 is 0 Å². The fraction of sp³-hybridized carbons (Fsp3) is 0.143. The second-order valence-electron chi connectivity index (χ2n) is 10.3. The summed E-state index contributed by atoms with van der Waals surface area (Å²) < 4.78 is 0. The molecule has 1 aliphatic heterocycles. The van der Waals surface area contributed by atoms with E-state index in [1.54, 1.807) is 0 Å². The summed E-state index contributed by atoms with van der Waals surface area (Å²) in [5.41, 5.74) is 3.89. The predicted octanol–water partition coefficient (Wildman–Crippen LogP) is 6.37. The molecule has 0 N–H and O–H groups in total. The van der Waals surface area contributed by atoms with Crippen molar-refractivity contribution < 1.29 is 0 Å². The number of hydrazine groups is 1. The van der Waals surface area contributed by atoms with Crippen molar-refractivity contribution in [3.63, 3.8) is 0 Å². The molecule has 5 aromatic carbocycles. The normalized spacial score (nSPS) is 16.9. The smallest absolute Gasteiger partial charge is 0.144 e. The molecule has 1 aliphatic rings. The second-order valence-corrected chi connectivity index (χ2v) is 13.7. The maximum absolute atomic E-state index is 2.41. The Hall–Kier alpha value is -3.55. The van der Waals surface area contributed by atoms with Crippen LogP contribution < -0.4 is 21.2 Å². The van der Waals surface area contributed by atoms with E-state index in [0.717, 1.165) is 13.2 Å². The van der Waals surface area contributed by atoms with Crippen molar-refractivity contribution in [3.8, 4) is 11.1 Å². The molecule has 38 heavy (non-hydrogen) atoms. The van der Waals surface area contributed by atoms with Crippen LogP contribution in [0.2, 0.25) is 0 Å². The van der Waals surface area contributed by atoms with Crippen molar-refractivity contribution >= 4 is 28.5 Å². The van der Waals surface area contributed by atoms with Gasteiger partial charge in [0.25, 0.3) is 0 Å². The molecule has 2 atom stereocenters. The third kappa shape index (κ3) is 4.72. The zero-order valence-electron chi connectivity index (χ0n) is 22.1. The van der Waals surface area contributed by atoms with Crippen molar-refractivity contribution in [3.05, 3.63) is 145 Å². The molecule has 0 aliphatic carbocycles. The minimum atomic E-state index is -2.07. The number of rotatable bonds is 8. The van der Waals surface area contributed by atoms with Crippen LogP contribution >= 0.6 is 7.26 Å². The summed E-state index contributed by atoms with van der Waals surface area (Å²) in [7, 11) is -2.07. The van der Waals surface area contributed by atoms with E-state index >= 15 is 0 Å². The summed E-state index contributed by atoms with van der Waals surface area (Å²) in [5.74, 6) is 0. The molecule has 3 heteroatoms. The quantitative estimate of drug-likeness (QED) is 0.176. The van der Waals surface area contributed by atoms with E-state index < -0.39 is 7.26 Å². The molecule has 0 spiro atoms. The Morgan fingerprint density at radius 2 is 1.05 bits per heavy atom. The van der Waals surface area contributed by atoms with Crippen LogP contribution in [0.25, 0.3) is 11.1 Å². The molecule has 188 valence electrons. The lowest BCUT2D eigenvalue weighted by Gasteiger charge is -2.27. The fourth-order valence-electron chi connectivity index (χ4n) is 5.56. The van der Waals surface area contributed by atoms with Crippen molar-refractivity contribution in [2.45, 2.75) is 26.4 Å². The first-order chi connectivity index (χ1) is 18.7. The van der Waals surface area contributed by atoms with Crippen LogP contribution in [0.1, 0.15) is 19.4 Å². The summed E-state index contributed by atoms with van der Waals surface area (Å²) in [6.07, 6.45) is 0. The number of hydrogen-bond acceptors (Lipinski definition) is 2. The zero-order chi connectivity index (χ0) is 26.0. The summed E-state index contributed by atoms with van der Waals surface area (Å²) in [5, 5.41) is 10.3. The molecule has 1 fully saturated rings. The minimum absolute atomic E-state index is 0.563. The third-order valence-corrected chi connectivity index (χ3v) is 11.8. The Labute approximate surface area is 227 Å². The van der Waals surface area contributed by atoms with Crippen LogP contribution in [0, 0.1) is 0 Å². The van der Waals surface area contributed by atoms with Crippen LogP contribution in [0.4, 0.5) is 0 Å². The summed E-state index contributed by atoms with van der Waals surface area (Å²) >= 11 is 0. The first kappa shape index (κ1) is 24.8. The van der Waals surface area contributed by atoms with Crippen LogP contribution in [-0.2, 0) is 6.54 Å². The van der Waals surface area contributed by atoms with Crippen molar-refractivity contribution in [1.29, 1.82) is 0 Å². The van der Waals surface area contributed by atoms with E-state index in [0.29, 0.717) is 6.04 Å². The van der Waals surface area contributed by atoms with E-state index in [9.17, 15) is 0 Å². The Morgan fingerprint density at radius 3 is 1.53 bits per heavy atom. The molecule has 2 unspecified atom stereocenters. The lowest BCUT2D eigenvalue weighted by molar-refractivity contribution is 0.256. The van der Waals surface area contributed by atoms with Gasteiger partial charge in [-0.3, -0.25) is 0 Å². The van der Waals surface area contributed by atoms with Crippen LogP contribution in [0.15, 0.2) is 140 Å². The highest BCUT2D eigenvalue weighted by Gasteiger charge is 2.47.